The van der Waals surface area contributed by atoms with E-state index < -0.39 is 11.9 Å². The highest BCUT2D eigenvalue weighted by Gasteiger charge is 2.31. The standard InChI is InChI=1S/C28H39N3O2.C2H2O4/c1-4-33-27-8-6-5-7-26(27)30-17-19-31(20-18-30)28(32)25-13-15-29(16-14-25)21-23-9-11-24(12-10-23)22(2)3;3-1(4)2(5)6/h5-12,22,25H,4,13-21H2,1-3H3;(H,3,4)(H,5,6). The summed E-state index contributed by atoms with van der Waals surface area (Å²) in [6.07, 6.45) is 1.94. The number of anilines is 1. The lowest BCUT2D eigenvalue weighted by Gasteiger charge is -2.39. The molecule has 0 saturated carbocycles. The van der Waals surface area contributed by atoms with Crippen LogP contribution in [-0.4, -0.2) is 83.7 Å². The van der Waals surface area contributed by atoms with Crippen LogP contribution >= 0.6 is 0 Å². The molecule has 1 amide bonds. The zero-order chi connectivity index (χ0) is 28.4. The van der Waals surface area contributed by atoms with E-state index in [2.05, 4.69) is 64.9 Å². The maximum absolute atomic E-state index is 13.2. The monoisotopic (exact) mass is 539 g/mol. The average Bonchev–Trinajstić information content (AvgIpc) is 2.94. The summed E-state index contributed by atoms with van der Waals surface area (Å²) in [4.78, 5) is 38.3. The van der Waals surface area contributed by atoms with E-state index in [1.54, 1.807) is 0 Å². The molecule has 2 aromatic rings. The number of nitrogens with zero attached hydrogens (tertiary/aromatic N) is 3. The van der Waals surface area contributed by atoms with Crippen molar-refractivity contribution in [3.63, 3.8) is 0 Å². The van der Waals surface area contributed by atoms with Crippen LogP contribution in [0.5, 0.6) is 5.75 Å². The molecule has 0 aliphatic carbocycles. The van der Waals surface area contributed by atoms with Crippen molar-refractivity contribution in [3.05, 3.63) is 59.7 Å². The molecule has 0 aromatic heterocycles. The topological polar surface area (TPSA) is 111 Å². The largest absolute Gasteiger partial charge is 0.492 e. The molecular formula is C30H41N3O6. The van der Waals surface area contributed by atoms with Crippen molar-refractivity contribution >= 4 is 23.5 Å². The Kier molecular flexibility index (Phi) is 11.2. The highest BCUT2D eigenvalue weighted by molar-refractivity contribution is 6.27. The van der Waals surface area contributed by atoms with E-state index in [0.717, 1.165) is 70.1 Å². The number of rotatable bonds is 7. The average molecular weight is 540 g/mol. The van der Waals surface area contributed by atoms with Gasteiger partial charge in [-0.15, -0.1) is 0 Å². The molecule has 0 bridgehead atoms. The molecule has 0 unspecified atom stereocenters. The summed E-state index contributed by atoms with van der Waals surface area (Å²) in [6.45, 7) is 13.4. The molecule has 0 spiro atoms. The summed E-state index contributed by atoms with van der Waals surface area (Å²) in [5.41, 5.74) is 3.90. The Morgan fingerprint density at radius 1 is 0.872 bits per heavy atom. The number of carboxylic acid groups (broad SMARTS) is 2. The zero-order valence-electron chi connectivity index (χ0n) is 23.2. The third-order valence-electron chi connectivity index (χ3n) is 7.27. The van der Waals surface area contributed by atoms with Crippen LogP contribution in [0.15, 0.2) is 48.5 Å². The molecule has 2 aliphatic heterocycles. The number of para-hydroxylation sites is 2. The van der Waals surface area contributed by atoms with Gasteiger partial charge in [0.2, 0.25) is 5.91 Å². The number of hydrogen-bond acceptors (Lipinski definition) is 6. The van der Waals surface area contributed by atoms with Crippen molar-refractivity contribution in [1.29, 1.82) is 0 Å². The van der Waals surface area contributed by atoms with Gasteiger partial charge in [-0.1, -0.05) is 50.2 Å². The summed E-state index contributed by atoms with van der Waals surface area (Å²) in [7, 11) is 0. The Bertz CT molecular complexity index is 1080. The number of aliphatic carboxylic acids is 2. The number of likely N-dealkylation sites (tertiary alicyclic amines) is 1. The van der Waals surface area contributed by atoms with Crippen LogP contribution < -0.4 is 9.64 Å². The van der Waals surface area contributed by atoms with E-state index in [-0.39, 0.29) is 5.92 Å². The summed E-state index contributed by atoms with van der Waals surface area (Å²) in [5, 5.41) is 14.8. The van der Waals surface area contributed by atoms with Gasteiger partial charge < -0.3 is 24.7 Å². The molecule has 9 heteroatoms. The maximum Gasteiger partial charge on any atom is 0.414 e. The van der Waals surface area contributed by atoms with E-state index in [1.165, 1.54) is 11.1 Å². The van der Waals surface area contributed by atoms with Gasteiger partial charge in [0.15, 0.2) is 0 Å². The third kappa shape index (κ3) is 8.71. The number of carbonyl (C=O) groups excluding carboxylic acids is 1. The molecule has 4 rings (SSSR count). The van der Waals surface area contributed by atoms with Crippen LogP contribution in [0.3, 0.4) is 0 Å². The number of carbonyl (C=O) groups is 3. The maximum atomic E-state index is 13.2. The van der Waals surface area contributed by atoms with E-state index in [9.17, 15) is 4.79 Å². The van der Waals surface area contributed by atoms with Crippen LogP contribution in [0, 0.1) is 5.92 Å². The quantitative estimate of drug-likeness (QED) is 0.510. The first kappa shape index (κ1) is 30.0. The second-order valence-electron chi connectivity index (χ2n) is 10.3. The zero-order valence-corrected chi connectivity index (χ0v) is 23.2. The van der Waals surface area contributed by atoms with Crippen molar-refractivity contribution in [3.8, 4) is 5.75 Å². The highest BCUT2D eigenvalue weighted by Crippen LogP contribution is 2.29. The van der Waals surface area contributed by atoms with E-state index >= 15 is 0 Å². The van der Waals surface area contributed by atoms with Gasteiger partial charge in [-0.25, -0.2) is 9.59 Å². The first-order valence-corrected chi connectivity index (χ1v) is 13.7. The Balaban J connectivity index is 0.000000631. The molecule has 0 atom stereocenters. The second-order valence-corrected chi connectivity index (χ2v) is 10.3. The van der Waals surface area contributed by atoms with Crippen LogP contribution in [0.2, 0.25) is 0 Å². The minimum atomic E-state index is -1.82. The Hall–Kier alpha value is -3.59. The van der Waals surface area contributed by atoms with Crippen molar-refractivity contribution < 1.29 is 29.3 Å². The number of benzene rings is 2. The van der Waals surface area contributed by atoms with Gasteiger partial charge in [0.1, 0.15) is 5.75 Å². The summed E-state index contributed by atoms with van der Waals surface area (Å²) >= 11 is 0. The molecule has 2 aromatic carbocycles. The number of ether oxygens (including phenoxy) is 1. The molecular weight excluding hydrogens is 498 g/mol. The van der Waals surface area contributed by atoms with Crippen LogP contribution in [-0.2, 0) is 20.9 Å². The Morgan fingerprint density at radius 2 is 1.46 bits per heavy atom. The predicted octanol–water partition coefficient (Wildman–Crippen LogP) is 3.93. The molecule has 212 valence electrons. The van der Waals surface area contributed by atoms with Gasteiger partial charge in [0.05, 0.1) is 12.3 Å². The fourth-order valence-electron chi connectivity index (χ4n) is 5.03. The van der Waals surface area contributed by atoms with Gasteiger partial charge in [-0.2, -0.15) is 0 Å². The van der Waals surface area contributed by atoms with E-state index in [1.807, 2.05) is 19.1 Å². The third-order valence-corrected chi connectivity index (χ3v) is 7.27. The Labute approximate surface area is 231 Å². The number of piperidine rings is 1. The fraction of sp³-hybridized carbons (Fsp3) is 0.500. The molecule has 2 N–H and O–H groups in total. The predicted molar refractivity (Wildman–Crippen MR) is 150 cm³/mol. The van der Waals surface area contributed by atoms with E-state index in [0.29, 0.717) is 18.4 Å². The van der Waals surface area contributed by atoms with E-state index in [4.69, 9.17) is 24.5 Å². The van der Waals surface area contributed by atoms with Gasteiger partial charge >= 0.3 is 11.9 Å². The fourth-order valence-corrected chi connectivity index (χ4v) is 5.03. The first-order valence-electron chi connectivity index (χ1n) is 13.7. The smallest absolute Gasteiger partial charge is 0.414 e. The van der Waals surface area contributed by atoms with Crippen LogP contribution in [0.1, 0.15) is 50.7 Å². The SMILES string of the molecule is CCOc1ccccc1N1CCN(C(=O)C2CCN(Cc3ccc(C(C)C)cc3)CC2)CC1.O=C(O)C(=O)O. The molecule has 2 heterocycles. The van der Waals surface area contributed by atoms with Crippen LogP contribution in [0.25, 0.3) is 0 Å². The molecule has 2 fully saturated rings. The lowest BCUT2D eigenvalue weighted by Crippen LogP contribution is -2.51. The number of amides is 1. The summed E-state index contributed by atoms with van der Waals surface area (Å²) in [6, 6.07) is 17.2. The number of hydrogen-bond donors (Lipinski definition) is 2. The van der Waals surface area contributed by atoms with Crippen LogP contribution in [0.4, 0.5) is 5.69 Å². The highest BCUT2D eigenvalue weighted by atomic mass is 16.5. The lowest BCUT2D eigenvalue weighted by molar-refractivity contribution is -0.159. The van der Waals surface area contributed by atoms with Gasteiger partial charge in [-0.3, -0.25) is 9.69 Å². The van der Waals surface area contributed by atoms with Gasteiger partial charge in [0.25, 0.3) is 0 Å². The number of piperazine rings is 1. The normalized spacial score (nSPS) is 16.4. The van der Waals surface area contributed by atoms with Crippen molar-refractivity contribution in [1.82, 2.24) is 9.80 Å². The number of carboxylic acids is 2. The Morgan fingerprint density at radius 3 is 2.00 bits per heavy atom. The minimum absolute atomic E-state index is 0.173. The first-order chi connectivity index (χ1) is 18.7. The van der Waals surface area contributed by atoms with Crippen molar-refractivity contribution in [2.24, 2.45) is 5.92 Å². The molecule has 2 saturated heterocycles. The van der Waals surface area contributed by atoms with Gasteiger partial charge in [0, 0.05) is 38.6 Å². The molecule has 39 heavy (non-hydrogen) atoms. The van der Waals surface area contributed by atoms with Gasteiger partial charge in [-0.05, 0) is 62.0 Å². The van der Waals surface area contributed by atoms with Crippen molar-refractivity contribution in [2.45, 2.75) is 46.1 Å². The minimum Gasteiger partial charge on any atom is -0.492 e. The molecule has 2 aliphatic rings. The molecule has 9 nitrogen and oxygen atoms in total. The van der Waals surface area contributed by atoms with Crippen molar-refractivity contribution in [2.75, 3.05) is 50.8 Å². The second kappa shape index (κ2) is 14.5. The summed E-state index contributed by atoms with van der Waals surface area (Å²) < 4.78 is 5.80. The lowest BCUT2D eigenvalue weighted by atomic mass is 9.94. The molecule has 0 radical (unpaired) electrons. The summed E-state index contributed by atoms with van der Waals surface area (Å²) in [5.74, 6) is -1.61.